The Morgan fingerprint density at radius 3 is 2.59 bits per heavy atom. The summed E-state index contributed by atoms with van der Waals surface area (Å²) in [7, 11) is 3.32. The molecule has 5 rings (SSSR count). The average molecular weight is 446 g/mol. The van der Waals surface area contributed by atoms with Crippen molar-refractivity contribution in [3.63, 3.8) is 0 Å². The minimum absolute atomic E-state index is 0.181. The Bertz CT molecular complexity index is 840. The zero-order chi connectivity index (χ0) is 22.9. The Morgan fingerprint density at radius 1 is 1.12 bits per heavy atom. The Hall–Kier alpha value is -1.56. The monoisotopic (exact) mass is 445 g/mol. The summed E-state index contributed by atoms with van der Waals surface area (Å²) in [5.74, 6) is 1.45. The normalized spacial score (nSPS) is 47.6. The largest absolute Gasteiger partial charge is 0.458 e. The molecule has 0 spiro atoms. The van der Waals surface area contributed by atoms with E-state index in [1.807, 2.05) is 7.05 Å². The number of amides is 1. The summed E-state index contributed by atoms with van der Waals surface area (Å²) in [6.07, 6.45) is 10.7. The van der Waals surface area contributed by atoms with Crippen molar-refractivity contribution < 1.29 is 24.2 Å². The Kier molecular flexibility index (Phi) is 5.20. The number of rotatable bonds is 2. The number of hydrogen-bond acceptors (Lipinski definition) is 5. The molecule has 178 valence electrons. The maximum absolute atomic E-state index is 12.3. The van der Waals surface area contributed by atoms with E-state index in [0.29, 0.717) is 24.4 Å². The van der Waals surface area contributed by atoms with Crippen LogP contribution in [0.5, 0.6) is 0 Å². The summed E-state index contributed by atoms with van der Waals surface area (Å²) in [5.41, 5.74) is 0.468. The molecule has 0 saturated heterocycles. The van der Waals surface area contributed by atoms with E-state index in [2.05, 4.69) is 13.8 Å². The van der Waals surface area contributed by atoms with Crippen molar-refractivity contribution in [2.45, 2.75) is 83.3 Å². The van der Waals surface area contributed by atoms with Crippen LogP contribution in [0.3, 0.4) is 0 Å². The number of aliphatic hydroxyl groups is 1. The topological polar surface area (TPSA) is 76.1 Å². The smallest absolute Gasteiger partial charge is 0.409 e. The van der Waals surface area contributed by atoms with Gasteiger partial charge < -0.3 is 19.5 Å². The van der Waals surface area contributed by atoms with Crippen molar-refractivity contribution in [3.8, 4) is 0 Å². The number of methoxy groups -OCH3 is 1. The molecule has 0 aromatic carbocycles. The van der Waals surface area contributed by atoms with Gasteiger partial charge in [0.15, 0.2) is 0 Å². The molecule has 8 atom stereocenters. The van der Waals surface area contributed by atoms with Crippen LogP contribution in [0.2, 0.25) is 0 Å². The number of cyclic esters (lactones) is 1. The number of esters is 1. The fourth-order valence-electron chi connectivity index (χ4n) is 9.03. The fourth-order valence-corrected chi connectivity index (χ4v) is 9.03. The fraction of sp³-hybridized carbons (Fsp3) is 0.846. The van der Waals surface area contributed by atoms with Gasteiger partial charge in [-0.2, -0.15) is 0 Å². The molecule has 1 amide bonds. The lowest BCUT2D eigenvalue weighted by molar-refractivity contribution is -0.206. The second-order valence-corrected chi connectivity index (χ2v) is 11.8. The van der Waals surface area contributed by atoms with Crippen molar-refractivity contribution in [2.75, 3.05) is 20.8 Å². The lowest BCUT2D eigenvalue weighted by Gasteiger charge is -2.64. The highest BCUT2D eigenvalue weighted by Gasteiger charge is 2.67. The van der Waals surface area contributed by atoms with E-state index >= 15 is 0 Å². The summed E-state index contributed by atoms with van der Waals surface area (Å²) >= 11 is 0. The van der Waals surface area contributed by atoms with E-state index in [0.717, 1.165) is 63.4 Å². The van der Waals surface area contributed by atoms with E-state index in [1.165, 1.54) is 7.11 Å². The molecule has 1 heterocycles. The number of nitrogens with zero attached hydrogens (tertiary/aromatic N) is 1. The van der Waals surface area contributed by atoms with Gasteiger partial charge in [0.05, 0.1) is 12.7 Å². The molecule has 4 fully saturated rings. The van der Waals surface area contributed by atoms with Crippen molar-refractivity contribution in [3.05, 3.63) is 11.6 Å². The molecule has 1 N–H and O–H groups in total. The molecular weight excluding hydrogens is 406 g/mol. The van der Waals surface area contributed by atoms with Gasteiger partial charge in [-0.1, -0.05) is 13.8 Å². The number of fused-ring (bicyclic) bond motifs is 5. The standard InChI is InChI=1S/C26H39NO5/c1-24-10-7-18(27(3)23(29)31-4)14-17(24)5-6-21-20(24)8-11-25(2)19(9-12-26(21,25)30)16-13-22(28)32-15-16/h13,17-21,30H,5-12,14-15H2,1-4H3/t17-,18+,19-,20+,21-,24+,25-,26+/m1/s1. The van der Waals surface area contributed by atoms with Crippen LogP contribution in [0, 0.1) is 34.5 Å². The number of carbonyl (C=O) groups is 2. The van der Waals surface area contributed by atoms with Crippen LogP contribution in [0.15, 0.2) is 11.6 Å². The van der Waals surface area contributed by atoms with Gasteiger partial charge in [-0.05, 0) is 92.4 Å². The van der Waals surface area contributed by atoms with E-state index in [-0.39, 0.29) is 34.9 Å². The highest BCUT2D eigenvalue weighted by atomic mass is 16.5. The molecule has 5 aliphatic rings. The van der Waals surface area contributed by atoms with Gasteiger partial charge in [-0.3, -0.25) is 0 Å². The maximum atomic E-state index is 12.3. The molecule has 0 bridgehead atoms. The van der Waals surface area contributed by atoms with Crippen LogP contribution in [-0.2, 0) is 14.3 Å². The lowest BCUT2D eigenvalue weighted by Crippen LogP contribution is -2.62. The highest BCUT2D eigenvalue weighted by molar-refractivity contribution is 5.85. The Labute approximate surface area is 191 Å². The van der Waals surface area contributed by atoms with Crippen LogP contribution in [-0.4, -0.2) is 54.5 Å². The molecule has 4 aliphatic carbocycles. The quantitative estimate of drug-likeness (QED) is 0.641. The van der Waals surface area contributed by atoms with E-state index < -0.39 is 5.60 Å². The van der Waals surface area contributed by atoms with Gasteiger partial charge in [0.2, 0.25) is 0 Å². The first-order chi connectivity index (χ1) is 15.1. The number of hydrogen-bond donors (Lipinski definition) is 1. The number of carbonyl (C=O) groups excluding carboxylic acids is 2. The second kappa shape index (κ2) is 7.48. The molecule has 32 heavy (non-hydrogen) atoms. The van der Waals surface area contributed by atoms with Crippen LogP contribution >= 0.6 is 0 Å². The summed E-state index contributed by atoms with van der Waals surface area (Å²) in [4.78, 5) is 25.6. The molecular formula is C26H39NO5. The summed E-state index contributed by atoms with van der Waals surface area (Å²) in [6.45, 7) is 5.15. The summed E-state index contributed by atoms with van der Waals surface area (Å²) in [6, 6.07) is 0.247. The first-order valence-electron chi connectivity index (χ1n) is 12.5. The first-order valence-corrected chi connectivity index (χ1v) is 12.5. The van der Waals surface area contributed by atoms with Crippen LogP contribution < -0.4 is 0 Å². The SMILES string of the molecule is COC(=O)N(C)[C@H]1CC[C@@]2(C)[C@H](CC[C@@H]3[C@@H]2CC[C@]2(C)[C@@H](C4=CC(=O)OC4)CC[C@]32O)C1. The van der Waals surface area contributed by atoms with Crippen LogP contribution in [0.1, 0.15) is 71.6 Å². The maximum Gasteiger partial charge on any atom is 0.409 e. The zero-order valence-corrected chi connectivity index (χ0v) is 20.1. The van der Waals surface area contributed by atoms with Gasteiger partial charge in [0.25, 0.3) is 0 Å². The third kappa shape index (κ3) is 2.93. The van der Waals surface area contributed by atoms with Gasteiger partial charge in [0.1, 0.15) is 6.61 Å². The van der Waals surface area contributed by atoms with Gasteiger partial charge in [-0.15, -0.1) is 0 Å². The van der Waals surface area contributed by atoms with E-state index in [9.17, 15) is 14.7 Å². The molecule has 4 saturated carbocycles. The third-order valence-corrected chi connectivity index (χ3v) is 11.0. The van der Waals surface area contributed by atoms with Crippen molar-refractivity contribution in [1.29, 1.82) is 0 Å². The second-order valence-electron chi connectivity index (χ2n) is 11.8. The predicted molar refractivity (Wildman–Crippen MR) is 120 cm³/mol. The average Bonchev–Trinajstić information content (AvgIpc) is 3.32. The van der Waals surface area contributed by atoms with E-state index in [1.54, 1.807) is 11.0 Å². The van der Waals surface area contributed by atoms with Crippen LogP contribution in [0.25, 0.3) is 0 Å². The summed E-state index contributed by atoms with van der Waals surface area (Å²) in [5, 5.41) is 12.3. The lowest BCUT2D eigenvalue weighted by atomic mass is 9.43. The molecule has 6 nitrogen and oxygen atoms in total. The van der Waals surface area contributed by atoms with Crippen molar-refractivity contribution in [1.82, 2.24) is 4.90 Å². The predicted octanol–water partition coefficient (Wildman–Crippen LogP) is 4.31. The zero-order valence-electron chi connectivity index (χ0n) is 20.1. The third-order valence-electron chi connectivity index (χ3n) is 11.0. The van der Waals surface area contributed by atoms with Gasteiger partial charge in [-0.25, -0.2) is 9.59 Å². The minimum Gasteiger partial charge on any atom is -0.458 e. The molecule has 0 unspecified atom stereocenters. The molecule has 0 radical (unpaired) electrons. The number of ether oxygens (including phenoxy) is 2. The van der Waals surface area contributed by atoms with Crippen LogP contribution in [0.4, 0.5) is 4.79 Å². The van der Waals surface area contributed by atoms with Gasteiger partial charge in [0, 0.05) is 24.6 Å². The van der Waals surface area contributed by atoms with Gasteiger partial charge >= 0.3 is 12.1 Å². The van der Waals surface area contributed by atoms with Crippen molar-refractivity contribution >= 4 is 12.1 Å². The summed E-state index contributed by atoms with van der Waals surface area (Å²) < 4.78 is 10.2. The van der Waals surface area contributed by atoms with Crippen molar-refractivity contribution in [2.24, 2.45) is 34.5 Å². The highest BCUT2D eigenvalue weighted by Crippen LogP contribution is 2.70. The minimum atomic E-state index is -0.666. The molecule has 6 heteroatoms. The molecule has 0 aromatic rings. The molecule has 0 aromatic heterocycles. The Balaban J connectivity index is 1.38. The first kappa shape index (κ1) is 22.2. The Morgan fingerprint density at radius 2 is 1.91 bits per heavy atom. The molecule has 1 aliphatic heterocycles. The van der Waals surface area contributed by atoms with E-state index in [4.69, 9.17) is 9.47 Å².